The van der Waals surface area contributed by atoms with Crippen LogP contribution in [0.25, 0.3) is 0 Å². The van der Waals surface area contributed by atoms with Crippen LogP contribution in [0.1, 0.15) is 48.5 Å². The Labute approximate surface area is 161 Å². The van der Waals surface area contributed by atoms with Crippen LogP contribution in [0.3, 0.4) is 0 Å². The van der Waals surface area contributed by atoms with Gasteiger partial charge in [0.2, 0.25) is 0 Å². The van der Waals surface area contributed by atoms with Crippen molar-refractivity contribution in [1.29, 1.82) is 0 Å². The second kappa shape index (κ2) is 8.19. The fourth-order valence-electron chi connectivity index (χ4n) is 3.48. The summed E-state index contributed by atoms with van der Waals surface area (Å²) in [4.78, 5) is 26.3. The first kappa shape index (κ1) is 19.5. The van der Waals surface area contributed by atoms with Gasteiger partial charge in [0.05, 0.1) is 6.10 Å². The van der Waals surface area contributed by atoms with E-state index in [1.807, 2.05) is 12.1 Å². The number of hydrogen-bond donors (Lipinski definition) is 3. The second-order valence-electron chi connectivity index (χ2n) is 7.01. The third-order valence-corrected chi connectivity index (χ3v) is 6.52. The van der Waals surface area contributed by atoms with E-state index in [4.69, 9.17) is 0 Å². The van der Waals surface area contributed by atoms with Crippen molar-refractivity contribution in [1.82, 2.24) is 5.32 Å². The lowest BCUT2D eigenvalue weighted by Crippen LogP contribution is -2.43. The van der Waals surface area contributed by atoms with Crippen LogP contribution < -0.4 is 10.6 Å². The maximum atomic E-state index is 12.9. The summed E-state index contributed by atoms with van der Waals surface area (Å²) in [6.45, 7) is 2.11. The summed E-state index contributed by atoms with van der Waals surface area (Å²) >= 11 is 1.56. The number of benzene rings is 1. The average molecular weight is 390 g/mol. The molecule has 1 aromatic heterocycles. The molecule has 1 saturated carbocycles. The first-order chi connectivity index (χ1) is 12.9. The largest absolute Gasteiger partial charge is 0.388 e. The van der Waals surface area contributed by atoms with E-state index in [1.54, 1.807) is 18.3 Å². The van der Waals surface area contributed by atoms with Crippen molar-refractivity contribution >= 4 is 28.8 Å². The van der Waals surface area contributed by atoms with Gasteiger partial charge in [-0.15, -0.1) is 11.3 Å². The quantitative estimate of drug-likeness (QED) is 0.684. The Bertz CT molecular complexity index is 811. The summed E-state index contributed by atoms with van der Waals surface area (Å²) < 4.78 is 12.9. The molecule has 0 bridgehead atoms. The number of carbonyl (C=O) groups excluding carboxylic acids is 2. The number of anilines is 1. The Morgan fingerprint density at radius 3 is 2.41 bits per heavy atom. The first-order valence-corrected chi connectivity index (χ1v) is 9.84. The molecule has 0 aliphatic heterocycles. The minimum Gasteiger partial charge on any atom is -0.388 e. The molecular weight excluding hydrogens is 367 g/mol. The number of rotatable bonds is 5. The number of nitrogens with one attached hydrogen (secondary N) is 2. The zero-order valence-corrected chi connectivity index (χ0v) is 15.9. The molecule has 0 spiro atoms. The molecular formula is C20H23FN2O3S. The van der Waals surface area contributed by atoms with Crippen molar-refractivity contribution < 1.29 is 19.1 Å². The lowest BCUT2D eigenvalue weighted by Gasteiger charge is -2.28. The van der Waals surface area contributed by atoms with Gasteiger partial charge in [-0.25, -0.2) is 4.39 Å². The Hall–Kier alpha value is -2.25. The summed E-state index contributed by atoms with van der Waals surface area (Å²) in [5.41, 5.74) is 0.177. The van der Waals surface area contributed by atoms with Gasteiger partial charge in [-0.2, -0.15) is 0 Å². The lowest BCUT2D eigenvalue weighted by molar-refractivity contribution is -0.136. The van der Waals surface area contributed by atoms with Crippen LogP contribution in [-0.4, -0.2) is 23.5 Å². The molecule has 0 unspecified atom stereocenters. The molecule has 2 aromatic rings. The average Bonchev–Trinajstić information content (AvgIpc) is 3.31. The summed E-state index contributed by atoms with van der Waals surface area (Å²) in [6, 6.07) is 9.19. The van der Waals surface area contributed by atoms with Crippen molar-refractivity contribution in [2.45, 2.75) is 44.1 Å². The number of thiophene rings is 1. The maximum absolute atomic E-state index is 12.9. The van der Waals surface area contributed by atoms with Crippen LogP contribution in [0.2, 0.25) is 0 Å². The van der Waals surface area contributed by atoms with Gasteiger partial charge in [-0.05, 0) is 56.2 Å². The van der Waals surface area contributed by atoms with E-state index in [0.29, 0.717) is 12.2 Å². The molecule has 1 aliphatic rings. The fraction of sp³-hybridized carbons (Fsp3) is 0.400. The van der Waals surface area contributed by atoms with Crippen molar-refractivity contribution in [2.24, 2.45) is 0 Å². The molecule has 0 radical (unpaired) electrons. The number of carbonyl (C=O) groups is 2. The van der Waals surface area contributed by atoms with E-state index in [1.165, 1.54) is 24.3 Å². The molecule has 1 heterocycles. The molecule has 1 atom stereocenters. The third kappa shape index (κ3) is 4.54. The maximum Gasteiger partial charge on any atom is 0.313 e. The highest BCUT2D eigenvalue weighted by molar-refractivity contribution is 7.12. The molecule has 144 valence electrons. The molecule has 7 heteroatoms. The Kier molecular flexibility index (Phi) is 5.92. The Morgan fingerprint density at radius 1 is 1.15 bits per heavy atom. The summed E-state index contributed by atoms with van der Waals surface area (Å²) in [6.07, 6.45) is 3.50. The van der Waals surface area contributed by atoms with E-state index >= 15 is 0 Å². The van der Waals surface area contributed by atoms with Crippen molar-refractivity contribution in [3.63, 3.8) is 0 Å². The van der Waals surface area contributed by atoms with Crippen molar-refractivity contribution in [3.8, 4) is 0 Å². The van der Waals surface area contributed by atoms with Gasteiger partial charge in [0.25, 0.3) is 0 Å². The molecule has 5 nitrogen and oxygen atoms in total. The van der Waals surface area contributed by atoms with E-state index in [0.717, 1.165) is 35.4 Å². The van der Waals surface area contributed by atoms with Gasteiger partial charge in [-0.1, -0.05) is 12.8 Å². The highest BCUT2D eigenvalue weighted by Gasteiger charge is 2.37. The summed E-state index contributed by atoms with van der Waals surface area (Å²) in [5, 5.41) is 15.0. The summed E-state index contributed by atoms with van der Waals surface area (Å²) in [7, 11) is 0. The number of halogens is 1. The van der Waals surface area contributed by atoms with Crippen LogP contribution in [0.15, 0.2) is 36.4 Å². The topological polar surface area (TPSA) is 78.4 Å². The minimum atomic E-state index is -0.773. The predicted molar refractivity (Wildman–Crippen MR) is 103 cm³/mol. The first-order valence-electron chi connectivity index (χ1n) is 9.03. The smallest absolute Gasteiger partial charge is 0.313 e. The standard InChI is InChI=1S/C20H23FN2O3S/c1-13(24)16-8-9-17(27-16)20(10-2-3-11-20)12-22-18(25)19(26)23-15-6-4-14(21)5-7-15/h4-9,13,24H,2-3,10-12H2,1H3,(H,22,25)(H,23,26)/t13-/m0/s1. The number of aliphatic hydroxyl groups excluding tert-OH is 1. The Morgan fingerprint density at radius 2 is 1.81 bits per heavy atom. The molecule has 27 heavy (non-hydrogen) atoms. The zero-order valence-electron chi connectivity index (χ0n) is 15.1. The fourth-order valence-corrected chi connectivity index (χ4v) is 4.66. The van der Waals surface area contributed by atoms with E-state index in [-0.39, 0.29) is 5.41 Å². The van der Waals surface area contributed by atoms with Gasteiger partial charge in [-0.3, -0.25) is 9.59 Å². The number of aliphatic hydroxyl groups is 1. The predicted octanol–water partition coefficient (Wildman–Crippen LogP) is 3.51. The monoisotopic (exact) mass is 390 g/mol. The SMILES string of the molecule is C[C@H](O)c1ccc(C2(CNC(=O)C(=O)Nc3ccc(F)cc3)CCCC2)s1. The minimum absolute atomic E-state index is 0.191. The molecule has 1 aliphatic carbocycles. The normalized spacial score (nSPS) is 16.7. The number of hydrogen-bond acceptors (Lipinski definition) is 4. The van der Waals surface area contributed by atoms with Gasteiger partial charge >= 0.3 is 11.8 Å². The van der Waals surface area contributed by atoms with Gasteiger partial charge in [0, 0.05) is 27.4 Å². The molecule has 1 fully saturated rings. The van der Waals surface area contributed by atoms with Crippen LogP contribution in [0, 0.1) is 5.82 Å². The van der Waals surface area contributed by atoms with E-state index in [2.05, 4.69) is 10.6 Å². The van der Waals surface area contributed by atoms with Crippen LogP contribution >= 0.6 is 11.3 Å². The van der Waals surface area contributed by atoms with Gasteiger partial charge in [0.1, 0.15) is 5.82 Å². The van der Waals surface area contributed by atoms with Crippen LogP contribution in [0.5, 0.6) is 0 Å². The molecule has 3 N–H and O–H groups in total. The third-order valence-electron chi connectivity index (χ3n) is 5.02. The second-order valence-corrected chi connectivity index (χ2v) is 8.12. The zero-order chi connectivity index (χ0) is 19.4. The number of amides is 2. The van der Waals surface area contributed by atoms with E-state index < -0.39 is 23.7 Å². The highest BCUT2D eigenvalue weighted by atomic mass is 32.1. The lowest BCUT2D eigenvalue weighted by atomic mass is 9.84. The van der Waals surface area contributed by atoms with Gasteiger partial charge in [0.15, 0.2) is 0 Å². The summed E-state index contributed by atoms with van der Waals surface area (Å²) in [5.74, 6) is -1.89. The molecule has 0 saturated heterocycles. The Balaban J connectivity index is 1.64. The van der Waals surface area contributed by atoms with Crippen molar-refractivity contribution in [2.75, 3.05) is 11.9 Å². The molecule has 2 amide bonds. The molecule has 1 aromatic carbocycles. The van der Waals surface area contributed by atoms with Crippen LogP contribution in [0.4, 0.5) is 10.1 Å². The van der Waals surface area contributed by atoms with Gasteiger partial charge < -0.3 is 15.7 Å². The molecule has 3 rings (SSSR count). The highest BCUT2D eigenvalue weighted by Crippen LogP contribution is 2.44. The van der Waals surface area contributed by atoms with Crippen LogP contribution in [-0.2, 0) is 15.0 Å². The van der Waals surface area contributed by atoms with Crippen molar-refractivity contribution in [3.05, 3.63) is 52.0 Å². The van der Waals surface area contributed by atoms with E-state index in [9.17, 15) is 19.1 Å².